The topological polar surface area (TPSA) is 80.4 Å². The molecule has 1 aromatic carbocycles. The number of pyridine rings is 1. The first-order valence-electron chi connectivity index (χ1n) is 8.71. The first-order chi connectivity index (χ1) is 13.7. The average Bonchev–Trinajstić information content (AvgIpc) is 3.40. The summed E-state index contributed by atoms with van der Waals surface area (Å²) in [6.45, 7) is 1.60. The lowest BCUT2D eigenvalue weighted by molar-refractivity contribution is 0.102. The summed E-state index contributed by atoms with van der Waals surface area (Å²) in [4.78, 5) is 20.6. The van der Waals surface area contributed by atoms with Gasteiger partial charge in [0.2, 0.25) is 0 Å². The Morgan fingerprint density at radius 1 is 1.38 bits per heavy atom. The van der Waals surface area contributed by atoms with E-state index in [0.717, 1.165) is 11.8 Å². The monoisotopic (exact) mass is 440 g/mol. The number of alkyl halides is 2. The largest absolute Gasteiger partial charge is 0.378 e. The molecule has 1 amide bonds. The number of amidine groups is 1. The molecule has 0 saturated heterocycles. The Hall–Kier alpha value is -2.26. The highest BCUT2D eigenvalue weighted by Gasteiger charge is 2.71. The quantitative estimate of drug-likeness (QED) is 0.737. The number of nitrogens with one attached hydrogen (secondary N) is 1. The summed E-state index contributed by atoms with van der Waals surface area (Å²) in [5.41, 5.74) is 5.08. The van der Waals surface area contributed by atoms with E-state index in [9.17, 15) is 18.0 Å². The van der Waals surface area contributed by atoms with E-state index in [-0.39, 0.29) is 22.8 Å². The number of carbonyl (C=O) groups excluding carboxylic acids is 1. The van der Waals surface area contributed by atoms with Crippen LogP contribution >= 0.6 is 23.4 Å². The number of amides is 1. The highest BCUT2D eigenvalue weighted by atomic mass is 35.5. The van der Waals surface area contributed by atoms with Crippen LogP contribution in [0.2, 0.25) is 5.02 Å². The summed E-state index contributed by atoms with van der Waals surface area (Å²) in [5.74, 6) is -1.68. The third kappa shape index (κ3) is 3.36. The molecule has 4 rings (SSSR count). The molecule has 1 fully saturated rings. The molecule has 1 aliphatic carbocycles. The van der Waals surface area contributed by atoms with E-state index >= 15 is 0 Å². The third-order valence-electron chi connectivity index (χ3n) is 5.37. The van der Waals surface area contributed by atoms with Crippen molar-refractivity contribution in [3.63, 3.8) is 0 Å². The minimum atomic E-state index is -2.60. The minimum absolute atomic E-state index is 0.000697. The van der Waals surface area contributed by atoms with Crippen LogP contribution in [0.5, 0.6) is 0 Å². The van der Waals surface area contributed by atoms with Gasteiger partial charge in [-0.3, -0.25) is 9.79 Å². The summed E-state index contributed by atoms with van der Waals surface area (Å²) < 4.78 is 40.7. The summed E-state index contributed by atoms with van der Waals surface area (Å²) >= 11 is 6.62. The fraction of sp³-hybridized carbons (Fsp3) is 0.316. The SMILES string of the molecule is C[C@]1(c2cc(NC(=O)c3ccc(Cl)cn3)ccc2F)N=C(N)S[C@@]2(C(F)F)C[C@@H]12. The van der Waals surface area contributed by atoms with Crippen molar-refractivity contribution in [3.05, 3.63) is 58.6 Å². The van der Waals surface area contributed by atoms with Gasteiger partial charge in [-0.2, -0.15) is 0 Å². The van der Waals surface area contributed by atoms with E-state index in [1.54, 1.807) is 6.92 Å². The number of halogens is 4. The maximum Gasteiger partial charge on any atom is 0.274 e. The maximum atomic E-state index is 14.7. The first kappa shape index (κ1) is 20.0. The lowest BCUT2D eigenvalue weighted by Gasteiger charge is -2.34. The molecular formula is C19H16ClF3N4OS. The lowest BCUT2D eigenvalue weighted by atomic mass is 9.85. The van der Waals surface area contributed by atoms with Gasteiger partial charge >= 0.3 is 0 Å². The summed E-state index contributed by atoms with van der Waals surface area (Å²) in [6, 6.07) is 6.94. The van der Waals surface area contributed by atoms with Crippen LogP contribution in [0.1, 0.15) is 29.4 Å². The number of anilines is 1. The van der Waals surface area contributed by atoms with Crippen molar-refractivity contribution in [2.24, 2.45) is 16.6 Å². The van der Waals surface area contributed by atoms with Crippen molar-refractivity contribution in [1.29, 1.82) is 0 Å². The second kappa shape index (κ2) is 6.91. The van der Waals surface area contributed by atoms with E-state index in [0.29, 0.717) is 10.7 Å². The molecule has 5 nitrogen and oxygen atoms in total. The van der Waals surface area contributed by atoms with Gasteiger partial charge in [0.25, 0.3) is 12.3 Å². The Morgan fingerprint density at radius 3 is 2.79 bits per heavy atom. The molecule has 3 atom stereocenters. The van der Waals surface area contributed by atoms with Crippen molar-refractivity contribution < 1.29 is 18.0 Å². The molecule has 2 aromatic rings. The number of hydrogen-bond donors (Lipinski definition) is 2. The molecule has 2 aliphatic rings. The molecule has 29 heavy (non-hydrogen) atoms. The van der Waals surface area contributed by atoms with Gasteiger partial charge in [0.15, 0.2) is 5.17 Å². The van der Waals surface area contributed by atoms with E-state index in [1.807, 2.05) is 0 Å². The molecule has 0 spiro atoms. The lowest BCUT2D eigenvalue weighted by Crippen LogP contribution is -2.38. The number of aromatic nitrogens is 1. The van der Waals surface area contributed by atoms with Crippen molar-refractivity contribution in [2.75, 3.05) is 5.32 Å². The maximum absolute atomic E-state index is 14.7. The molecule has 0 bridgehead atoms. The molecular weight excluding hydrogens is 425 g/mol. The zero-order valence-corrected chi connectivity index (χ0v) is 16.7. The van der Waals surface area contributed by atoms with Gasteiger partial charge in [-0.25, -0.2) is 18.2 Å². The van der Waals surface area contributed by atoms with Crippen LogP contribution in [-0.4, -0.2) is 27.2 Å². The summed E-state index contributed by atoms with van der Waals surface area (Å²) in [7, 11) is 0. The fourth-order valence-electron chi connectivity index (χ4n) is 3.80. The number of rotatable bonds is 4. The number of nitrogens with two attached hydrogens (primary N) is 1. The van der Waals surface area contributed by atoms with Crippen molar-refractivity contribution in [3.8, 4) is 0 Å². The third-order valence-corrected chi connectivity index (χ3v) is 6.90. The number of benzene rings is 1. The predicted molar refractivity (Wildman–Crippen MR) is 107 cm³/mol. The first-order valence-corrected chi connectivity index (χ1v) is 9.90. The van der Waals surface area contributed by atoms with Crippen LogP contribution in [0.4, 0.5) is 18.9 Å². The van der Waals surface area contributed by atoms with Crippen LogP contribution in [-0.2, 0) is 5.54 Å². The van der Waals surface area contributed by atoms with Gasteiger partial charge in [0, 0.05) is 23.4 Å². The van der Waals surface area contributed by atoms with Gasteiger partial charge in [0.05, 0.1) is 15.3 Å². The van der Waals surface area contributed by atoms with Crippen LogP contribution in [0.3, 0.4) is 0 Å². The van der Waals surface area contributed by atoms with Gasteiger partial charge in [-0.1, -0.05) is 23.4 Å². The fourth-order valence-corrected chi connectivity index (χ4v) is 5.25. The highest BCUT2D eigenvalue weighted by molar-refractivity contribution is 8.15. The molecule has 3 N–H and O–H groups in total. The molecule has 0 unspecified atom stereocenters. The average molecular weight is 441 g/mol. The summed E-state index contributed by atoms with van der Waals surface area (Å²) in [6.07, 6.45) is -1.09. The van der Waals surface area contributed by atoms with E-state index in [4.69, 9.17) is 17.3 Å². The smallest absolute Gasteiger partial charge is 0.274 e. The van der Waals surface area contributed by atoms with Gasteiger partial charge in [0.1, 0.15) is 11.5 Å². The molecule has 0 radical (unpaired) electrons. The molecule has 2 heterocycles. The Bertz CT molecular complexity index is 1020. The van der Waals surface area contributed by atoms with Crippen molar-refractivity contribution >= 4 is 40.1 Å². The van der Waals surface area contributed by atoms with Crippen molar-refractivity contribution in [1.82, 2.24) is 4.98 Å². The van der Waals surface area contributed by atoms with Crippen molar-refractivity contribution in [2.45, 2.75) is 30.1 Å². The number of hydrogen-bond acceptors (Lipinski definition) is 5. The molecule has 1 aliphatic heterocycles. The number of aliphatic imine (C=N–C) groups is 1. The Labute approximate surface area is 173 Å². The Balaban J connectivity index is 1.66. The van der Waals surface area contributed by atoms with E-state index in [2.05, 4.69) is 15.3 Å². The Kier molecular flexibility index (Phi) is 4.77. The van der Waals surface area contributed by atoms with Crippen LogP contribution in [0, 0.1) is 11.7 Å². The molecule has 152 valence electrons. The number of nitrogens with zero attached hydrogens (tertiary/aromatic N) is 2. The van der Waals surface area contributed by atoms with Gasteiger partial charge in [-0.15, -0.1) is 0 Å². The Morgan fingerprint density at radius 2 is 2.14 bits per heavy atom. The van der Waals surface area contributed by atoms with Gasteiger partial charge < -0.3 is 11.1 Å². The zero-order valence-electron chi connectivity index (χ0n) is 15.1. The molecule has 10 heteroatoms. The van der Waals surface area contributed by atoms with E-state index < -0.39 is 34.4 Å². The number of fused-ring (bicyclic) bond motifs is 1. The number of carbonyl (C=O) groups is 1. The standard InChI is InChI=1S/C19H16ClF3N4OS/c1-18(14-7-19(14,16(22)23)29-17(24)27-18)11-6-10(3-4-12(11)21)26-15(28)13-5-2-9(20)8-25-13/h2-6,8,14,16H,7H2,1H3,(H2,24,27)(H,26,28)/t14-,18+,19-/m0/s1. The normalized spacial score (nSPS) is 27.9. The molecule has 1 aromatic heterocycles. The second-order valence-electron chi connectivity index (χ2n) is 7.22. The second-order valence-corrected chi connectivity index (χ2v) is 9.04. The van der Waals surface area contributed by atoms with Crippen LogP contribution in [0.15, 0.2) is 41.5 Å². The molecule has 1 saturated carbocycles. The van der Waals surface area contributed by atoms with E-state index in [1.165, 1.54) is 36.5 Å². The minimum Gasteiger partial charge on any atom is -0.378 e. The van der Waals surface area contributed by atoms with Crippen LogP contribution in [0.25, 0.3) is 0 Å². The van der Waals surface area contributed by atoms with Crippen LogP contribution < -0.4 is 11.1 Å². The zero-order chi connectivity index (χ0) is 21.0. The summed E-state index contributed by atoms with van der Waals surface area (Å²) in [5, 5.41) is 3.02. The highest BCUT2D eigenvalue weighted by Crippen LogP contribution is 2.68. The van der Waals surface area contributed by atoms with Gasteiger partial charge in [-0.05, 0) is 43.7 Å². The predicted octanol–water partition coefficient (Wildman–Crippen LogP) is 4.43. The number of thioether (sulfide) groups is 1.